The number of sulfonamides is 1. The van der Waals surface area contributed by atoms with Gasteiger partial charge in [0.25, 0.3) is 5.91 Å². The molecule has 0 bridgehead atoms. The zero-order valence-corrected chi connectivity index (χ0v) is 18.4. The first-order chi connectivity index (χ1) is 13.3. The van der Waals surface area contributed by atoms with Crippen LogP contribution in [0.15, 0.2) is 27.5 Å². The van der Waals surface area contributed by atoms with Gasteiger partial charge in [-0.2, -0.15) is 0 Å². The van der Waals surface area contributed by atoms with Crippen LogP contribution in [0.5, 0.6) is 0 Å². The molecular formula is C21H26N2O5S. The lowest BCUT2D eigenvalue weighted by atomic mass is 9.76. The SMILES string of the molecule is Cc1ccc(NC(=O)c2oc3c(c2C)C(=O)CC(C)(C)C3)cc1S(=O)(=O)N(C)C. The summed E-state index contributed by atoms with van der Waals surface area (Å²) in [7, 11) is -0.740. The Hall–Kier alpha value is -2.45. The van der Waals surface area contributed by atoms with Gasteiger partial charge in [0.2, 0.25) is 10.0 Å². The summed E-state index contributed by atoms with van der Waals surface area (Å²) < 4.78 is 31.9. The number of furan rings is 1. The topological polar surface area (TPSA) is 96.7 Å². The predicted octanol–water partition coefficient (Wildman–Crippen LogP) is 3.55. The molecule has 1 aliphatic carbocycles. The van der Waals surface area contributed by atoms with Crippen LogP contribution in [0.2, 0.25) is 0 Å². The summed E-state index contributed by atoms with van der Waals surface area (Å²) >= 11 is 0. The predicted molar refractivity (Wildman–Crippen MR) is 110 cm³/mol. The van der Waals surface area contributed by atoms with E-state index in [-0.39, 0.29) is 21.9 Å². The van der Waals surface area contributed by atoms with Crippen LogP contribution in [0.4, 0.5) is 5.69 Å². The minimum Gasteiger partial charge on any atom is -0.455 e. The standard InChI is InChI=1S/C21H26N2O5S/c1-12-7-8-14(9-17(12)29(26,27)23(5)6)22-20(25)19-13(2)18-15(24)10-21(3,4)11-16(18)28-19/h7-9H,10-11H2,1-6H3,(H,22,25). The van der Waals surface area contributed by atoms with Gasteiger partial charge in [-0.1, -0.05) is 19.9 Å². The minimum absolute atomic E-state index is 0.0220. The lowest BCUT2D eigenvalue weighted by molar-refractivity contribution is 0.0898. The maximum Gasteiger partial charge on any atom is 0.291 e. The summed E-state index contributed by atoms with van der Waals surface area (Å²) in [4.78, 5) is 25.5. The van der Waals surface area contributed by atoms with E-state index in [1.807, 2.05) is 13.8 Å². The van der Waals surface area contributed by atoms with Crippen molar-refractivity contribution in [2.75, 3.05) is 19.4 Å². The highest BCUT2D eigenvalue weighted by Gasteiger charge is 2.37. The molecule has 1 amide bonds. The minimum atomic E-state index is -3.65. The molecular weight excluding hydrogens is 392 g/mol. The molecule has 0 atom stereocenters. The lowest BCUT2D eigenvalue weighted by Gasteiger charge is -2.27. The monoisotopic (exact) mass is 418 g/mol. The largest absolute Gasteiger partial charge is 0.455 e. The second kappa shape index (κ2) is 7.11. The number of amides is 1. The van der Waals surface area contributed by atoms with E-state index in [1.165, 1.54) is 20.2 Å². The van der Waals surface area contributed by atoms with Crippen molar-refractivity contribution in [3.8, 4) is 0 Å². The molecule has 8 heteroatoms. The average Bonchev–Trinajstić information content (AvgIpc) is 2.91. The Morgan fingerprint density at radius 1 is 1.17 bits per heavy atom. The van der Waals surface area contributed by atoms with Crippen LogP contribution >= 0.6 is 0 Å². The number of benzene rings is 1. The Labute approximate surface area is 171 Å². The number of carbonyl (C=O) groups excluding carboxylic acids is 2. The van der Waals surface area contributed by atoms with Crippen LogP contribution in [0.25, 0.3) is 0 Å². The first kappa shape index (κ1) is 21.3. The highest BCUT2D eigenvalue weighted by atomic mass is 32.2. The zero-order chi connectivity index (χ0) is 21.7. The third kappa shape index (κ3) is 3.86. The van der Waals surface area contributed by atoms with Crippen LogP contribution in [0, 0.1) is 19.3 Å². The molecule has 1 aromatic heterocycles. The van der Waals surface area contributed by atoms with E-state index in [1.54, 1.807) is 26.0 Å². The second-order valence-electron chi connectivity index (χ2n) is 8.52. The molecule has 1 N–H and O–H groups in total. The highest BCUT2D eigenvalue weighted by molar-refractivity contribution is 7.89. The van der Waals surface area contributed by atoms with Crippen LogP contribution in [-0.4, -0.2) is 38.5 Å². The van der Waals surface area contributed by atoms with Crippen molar-refractivity contribution >= 4 is 27.4 Å². The maximum atomic E-state index is 12.8. The molecule has 1 aromatic carbocycles. The van der Waals surface area contributed by atoms with Gasteiger partial charge in [-0.15, -0.1) is 0 Å². The zero-order valence-electron chi connectivity index (χ0n) is 17.5. The lowest BCUT2D eigenvalue weighted by Crippen LogP contribution is -2.26. The first-order valence-corrected chi connectivity index (χ1v) is 10.8. The second-order valence-corrected chi connectivity index (χ2v) is 10.6. The molecule has 29 heavy (non-hydrogen) atoms. The number of anilines is 1. The number of aryl methyl sites for hydroxylation is 1. The van der Waals surface area contributed by atoms with Gasteiger partial charge in [0.1, 0.15) is 5.76 Å². The fraction of sp³-hybridized carbons (Fsp3) is 0.429. The summed E-state index contributed by atoms with van der Waals surface area (Å²) in [6.07, 6.45) is 0.989. The molecule has 1 heterocycles. The summed E-state index contributed by atoms with van der Waals surface area (Å²) in [6.45, 7) is 7.37. The number of ketones is 1. The molecule has 2 aromatic rings. The third-order valence-electron chi connectivity index (χ3n) is 5.19. The smallest absolute Gasteiger partial charge is 0.291 e. The van der Waals surface area contributed by atoms with Gasteiger partial charge in [-0.3, -0.25) is 9.59 Å². The fourth-order valence-corrected chi connectivity index (χ4v) is 4.78. The maximum absolute atomic E-state index is 12.8. The first-order valence-electron chi connectivity index (χ1n) is 9.33. The van der Waals surface area contributed by atoms with Gasteiger partial charge in [0.05, 0.1) is 10.5 Å². The van der Waals surface area contributed by atoms with Crippen molar-refractivity contribution in [3.63, 3.8) is 0 Å². The van der Waals surface area contributed by atoms with Gasteiger partial charge < -0.3 is 9.73 Å². The molecule has 0 radical (unpaired) electrons. The van der Waals surface area contributed by atoms with Gasteiger partial charge in [0.15, 0.2) is 11.5 Å². The third-order valence-corrected chi connectivity index (χ3v) is 7.14. The molecule has 156 valence electrons. The summed E-state index contributed by atoms with van der Waals surface area (Å²) in [5.74, 6) is 0.0816. The van der Waals surface area contributed by atoms with E-state index in [9.17, 15) is 18.0 Å². The van der Waals surface area contributed by atoms with Gasteiger partial charge >= 0.3 is 0 Å². The number of hydrogen-bond acceptors (Lipinski definition) is 5. The molecule has 0 fully saturated rings. The number of nitrogens with zero attached hydrogens (tertiary/aromatic N) is 1. The van der Waals surface area contributed by atoms with Gasteiger partial charge in [0, 0.05) is 38.2 Å². The van der Waals surface area contributed by atoms with Gasteiger partial charge in [-0.05, 0) is 37.0 Å². The van der Waals surface area contributed by atoms with E-state index in [2.05, 4.69) is 5.32 Å². The van der Waals surface area contributed by atoms with Crippen molar-refractivity contribution in [1.29, 1.82) is 0 Å². The van der Waals surface area contributed by atoms with Crippen LogP contribution < -0.4 is 5.32 Å². The number of nitrogens with one attached hydrogen (secondary N) is 1. The molecule has 7 nitrogen and oxygen atoms in total. The van der Waals surface area contributed by atoms with E-state index in [4.69, 9.17) is 4.42 Å². The molecule has 0 spiro atoms. The summed E-state index contributed by atoms with van der Waals surface area (Å²) in [6, 6.07) is 4.70. The molecule has 0 saturated heterocycles. The number of fused-ring (bicyclic) bond motifs is 1. The highest BCUT2D eigenvalue weighted by Crippen LogP contribution is 2.38. The van der Waals surface area contributed by atoms with Crippen LogP contribution in [0.3, 0.4) is 0 Å². The Morgan fingerprint density at radius 3 is 2.45 bits per heavy atom. The fourth-order valence-electron chi connectivity index (χ4n) is 3.64. The van der Waals surface area contributed by atoms with Crippen molar-refractivity contribution in [2.45, 2.75) is 45.4 Å². The number of hydrogen-bond donors (Lipinski definition) is 1. The van der Waals surface area contributed by atoms with Crippen molar-refractivity contribution < 1.29 is 22.4 Å². The van der Waals surface area contributed by atoms with E-state index in [0.29, 0.717) is 41.0 Å². The van der Waals surface area contributed by atoms with E-state index >= 15 is 0 Å². The normalized spacial score (nSPS) is 16.0. The van der Waals surface area contributed by atoms with Crippen LogP contribution in [0.1, 0.15) is 58.1 Å². The Morgan fingerprint density at radius 2 is 1.83 bits per heavy atom. The number of carbonyl (C=O) groups is 2. The van der Waals surface area contributed by atoms with Crippen LogP contribution in [-0.2, 0) is 16.4 Å². The van der Waals surface area contributed by atoms with E-state index in [0.717, 1.165) is 4.31 Å². The number of rotatable bonds is 4. The summed E-state index contributed by atoms with van der Waals surface area (Å²) in [5.41, 5.74) is 1.71. The quantitative estimate of drug-likeness (QED) is 0.819. The molecule has 3 rings (SSSR count). The Kier molecular flexibility index (Phi) is 5.21. The number of Topliss-reactive ketones (excluding diaryl/α,β-unsaturated/α-hetero) is 1. The molecule has 0 aliphatic heterocycles. The van der Waals surface area contributed by atoms with Crippen molar-refractivity contribution in [2.24, 2.45) is 5.41 Å². The molecule has 0 saturated carbocycles. The van der Waals surface area contributed by atoms with Crippen molar-refractivity contribution in [1.82, 2.24) is 4.31 Å². The Balaban J connectivity index is 1.94. The van der Waals surface area contributed by atoms with Crippen molar-refractivity contribution in [3.05, 3.63) is 46.4 Å². The van der Waals surface area contributed by atoms with Gasteiger partial charge in [-0.25, -0.2) is 12.7 Å². The van der Waals surface area contributed by atoms with E-state index < -0.39 is 15.9 Å². The summed E-state index contributed by atoms with van der Waals surface area (Å²) in [5, 5.41) is 2.70. The molecule has 0 unspecified atom stereocenters. The average molecular weight is 419 g/mol. The molecule has 1 aliphatic rings. The Bertz CT molecular complexity index is 1110.